The van der Waals surface area contributed by atoms with Gasteiger partial charge in [-0.2, -0.15) is 15.0 Å². The minimum Gasteiger partial charge on any atom is -0.331 e. The fourth-order valence-corrected chi connectivity index (χ4v) is 2.05. The van der Waals surface area contributed by atoms with Crippen LogP contribution in [-0.4, -0.2) is 55.7 Å². The number of amides is 2. The summed E-state index contributed by atoms with van der Waals surface area (Å²) in [4.78, 5) is 26.4. The summed E-state index contributed by atoms with van der Waals surface area (Å²) in [7, 11) is 3.22. The summed E-state index contributed by atoms with van der Waals surface area (Å²) in [6.07, 6.45) is 1.38. The number of urea groups is 1. The standard InChI is InChI=1S/C13H20N8O2/c1-8-10(5-14)9(2)21(17-8)12(22)7-20-15-6-11(18-20)16-13(23)19(3)4/h6H,5,7,14H2,1-4H3,(H,16,18,23). The number of hydrogen-bond donors (Lipinski definition) is 2. The van der Waals surface area contributed by atoms with E-state index < -0.39 is 0 Å². The lowest BCUT2D eigenvalue weighted by Crippen LogP contribution is -2.27. The van der Waals surface area contributed by atoms with Gasteiger partial charge in [-0.05, 0) is 13.8 Å². The van der Waals surface area contributed by atoms with E-state index in [1.54, 1.807) is 27.9 Å². The van der Waals surface area contributed by atoms with Gasteiger partial charge in [0.15, 0.2) is 5.82 Å². The third kappa shape index (κ3) is 3.54. The Bertz CT molecular complexity index is 730. The number of carbonyl (C=O) groups excluding carboxylic acids is 2. The number of nitrogens with zero attached hydrogens (tertiary/aromatic N) is 6. The van der Waals surface area contributed by atoms with Crippen LogP contribution in [0.25, 0.3) is 0 Å². The first-order valence-corrected chi connectivity index (χ1v) is 7.00. The molecule has 0 aromatic carbocycles. The minimum absolute atomic E-state index is 0.0934. The highest BCUT2D eigenvalue weighted by Gasteiger charge is 2.17. The maximum atomic E-state index is 12.3. The Labute approximate surface area is 133 Å². The average Bonchev–Trinajstić information content (AvgIpc) is 3.03. The molecule has 23 heavy (non-hydrogen) atoms. The molecule has 2 heterocycles. The number of carbonyl (C=O) groups is 2. The van der Waals surface area contributed by atoms with Gasteiger partial charge in [0, 0.05) is 31.9 Å². The van der Waals surface area contributed by atoms with Crippen LogP contribution in [-0.2, 0) is 13.1 Å². The molecule has 0 bridgehead atoms. The number of rotatable bonds is 4. The molecule has 0 unspecified atom stereocenters. The molecule has 10 nitrogen and oxygen atoms in total. The summed E-state index contributed by atoms with van der Waals surface area (Å²) in [5.41, 5.74) is 7.94. The quantitative estimate of drug-likeness (QED) is 0.816. The van der Waals surface area contributed by atoms with Crippen LogP contribution < -0.4 is 11.1 Å². The molecule has 0 saturated heterocycles. The van der Waals surface area contributed by atoms with E-state index >= 15 is 0 Å². The van der Waals surface area contributed by atoms with Crippen molar-refractivity contribution in [2.24, 2.45) is 5.73 Å². The second kappa shape index (κ2) is 6.57. The zero-order valence-corrected chi connectivity index (χ0v) is 13.6. The lowest BCUT2D eigenvalue weighted by atomic mass is 10.2. The summed E-state index contributed by atoms with van der Waals surface area (Å²) in [5, 5.41) is 14.7. The normalized spacial score (nSPS) is 10.7. The fraction of sp³-hybridized carbons (Fsp3) is 0.462. The van der Waals surface area contributed by atoms with E-state index in [9.17, 15) is 9.59 Å². The SMILES string of the molecule is Cc1nn(C(=O)Cn2ncc(NC(=O)N(C)C)n2)c(C)c1CN. The molecule has 2 rings (SSSR count). The first kappa shape index (κ1) is 16.6. The Kier molecular flexibility index (Phi) is 4.74. The first-order valence-electron chi connectivity index (χ1n) is 7.00. The maximum Gasteiger partial charge on any atom is 0.322 e. The predicted molar refractivity (Wildman–Crippen MR) is 82.9 cm³/mol. The smallest absolute Gasteiger partial charge is 0.322 e. The summed E-state index contributed by atoms with van der Waals surface area (Å²) in [5.74, 6) is -0.0149. The number of aryl methyl sites for hydroxylation is 1. The minimum atomic E-state index is -0.325. The number of nitrogens with two attached hydrogens (primary N) is 1. The molecule has 0 aliphatic carbocycles. The van der Waals surface area contributed by atoms with Crippen LogP contribution in [0.5, 0.6) is 0 Å². The van der Waals surface area contributed by atoms with Crippen LogP contribution in [0.15, 0.2) is 6.20 Å². The number of hydrogen-bond acceptors (Lipinski definition) is 6. The molecule has 10 heteroatoms. The van der Waals surface area contributed by atoms with Gasteiger partial charge in [-0.1, -0.05) is 0 Å². The largest absolute Gasteiger partial charge is 0.331 e. The summed E-state index contributed by atoms with van der Waals surface area (Å²) < 4.78 is 1.30. The van der Waals surface area contributed by atoms with Crippen molar-refractivity contribution < 1.29 is 9.59 Å². The molecule has 2 amide bonds. The average molecular weight is 320 g/mol. The van der Waals surface area contributed by atoms with Crippen LogP contribution in [0.4, 0.5) is 10.6 Å². The van der Waals surface area contributed by atoms with Crippen LogP contribution in [0, 0.1) is 13.8 Å². The Morgan fingerprint density at radius 3 is 2.57 bits per heavy atom. The van der Waals surface area contributed by atoms with Crippen molar-refractivity contribution in [2.75, 3.05) is 19.4 Å². The molecule has 2 aromatic rings. The molecule has 2 aromatic heterocycles. The molecule has 0 atom stereocenters. The molecule has 0 fully saturated rings. The van der Waals surface area contributed by atoms with Gasteiger partial charge in [0.2, 0.25) is 0 Å². The molecule has 0 aliphatic heterocycles. The van der Waals surface area contributed by atoms with E-state index in [0.29, 0.717) is 12.2 Å². The summed E-state index contributed by atoms with van der Waals surface area (Å²) >= 11 is 0. The van der Waals surface area contributed by atoms with Gasteiger partial charge in [-0.3, -0.25) is 10.1 Å². The molecule has 124 valence electrons. The fourth-order valence-electron chi connectivity index (χ4n) is 2.05. The van der Waals surface area contributed by atoms with Crippen molar-refractivity contribution in [1.29, 1.82) is 0 Å². The van der Waals surface area contributed by atoms with Crippen molar-refractivity contribution in [3.8, 4) is 0 Å². The van der Waals surface area contributed by atoms with Crippen molar-refractivity contribution in [1.82, 2.24) is 29.7 Å². The number of nitrogens with one attached hydrogen (secondary N) is 1. The van der Waals surface area contributed by atoms with Crippen molar-refractivity contribution >= 4 is 17.8 Å². The summed E-state index contributed by atoms with van der Waals surface area (Å²) in [6, 6.07) is -0.325. The Morgan fingerprint density at radius 2 is 2.00 bits per heavy atom. The zero-order valence-electron chi connectivity index (χ0n) is 13.6. The first-order chi connectivity index (χ1) is 10.8. The maximum absolute atomic E-state index is 12.3. The van der Waals surface area contributed by atoms with E-state index in [-0.39, 0.29) is 24.3 Å². The molecule has 0 spiro atoms. The Balaban J connectivity index is 2.09. The van der Waals surface area contributed by atoms with Crippen LogP contribution in [0.3, 0.4) is 0 Å². The van der Waals surface area contributed by atoms with Crippen molar-refractivity contribution in [2.45, 2.75) is 26.9 Å². The van der Waals surface area contributed by atoms with Crippen LogP contribution >= 0.6 is 0 Å². The van der Waals surface area contributed by atoms with E-state index in [0.717, 1.165) is 11.3 Å². The lowest BCUT2D eigenvalue weighted by molar-refractivity contribution is 0.0861. The van der Waals surface area contributed by atoms with E-state index in [4.69, 9.17) is 5.73 Å². The third-order valence-electron chi connectivity index (χ3n) is 3.34. The molecular weight excluding hydrogens is 300 g/mol. The molecule has 0 aliphatic rings. The van der Waals surface area contributed by atoms with Crippen molar-refractivity contribution in [3.63, 3.8) is 0 Å². The Morgan fingerprint density at radius 1 is 1.30 bits per heavy atom. The highest BCUT2D eigenvalue weighted by Crippen LogP contribution is 2.12. The number of anilines is 1. The second-order valence-electron chi connectivity index (χ2n) is 5.24. The van der Waals surface area contributed by atoms with Gasteiger partial charge in [0.05, 0.1) is 11.9 Å². The van der Waals surface area contributed by atoms with Crippen LogP contribution in [0.2, 0.25) is 0 Å². The highest BCUT2D eigenvalue weighted by molar-refractivity contribution is 5.87. The van der Waals surface area contributed by atoms with Crippen LogP contribution in [0.1, 0.15) is 21.7 Å². The highest BCUT2D eigenvalue weighted by atomic mass is 16.2. The second-order valence-corrected chi connectivity index (χ2v) is 5.24. The van der Waals surface area contributed by atoms with E-state index in [2.05, 4.69) is 20.6 Å². The number of aromatic nitrogens is 5. The van der Waals surface area contributed by atoms with Gasteiger partial charge in [0.25, 0.3) is 5.91 Å². The molecule has 0 radical (unpaired) electrons. The van der Waals surface area contributed by atoms with E-state index in [1.807, 2.05) is 0 Å². The monoisotopic (exact) mass is 320 g/mol. The van der Waals surface area contributed by atoms with E-state index in [1.165, 1.54) is 20.6 Å². The van der Waals surface area contributed by atoms with Gasteiger partial charge in [-0.15, -0.1) is 5.10 Å². The van der Waals surface area contributed by atoms with Crippen molar-refractivity contribution in [3.05, 3.63) is 23.1 Å². The zero-order chi connectivity index (χ0) is 17.1. The molecular formula is C13H20N8O2. The lowest BCUT2D eigenvalue weighted by Gasteiger charge is -2.09. The molecule has 3 N–H and O–H groups in total. The molecule has 0 saturated carbocycles. The van der Waals surface area contributed by atoms with Gasteiger partial charge in [-0.25, -0.2) is 9.48 Å². The third-order valence-corrected chi connectivity index (χ3v) is 3.34. The summed E-state index contributed by atoms with van der Waals surface area (Å²) in [6.45, 7) is 3.83. The predicted octanol–water partition coefficient (Wildman–Crippen LogP) is -0.0160. The van der Waals surface area contributed by atoms with Gasteiger partial charge < -0.3 is 10.6 Å². The topological polar surface area (TPSA) is 124 Å². The Hall–Kier alpha value is -2.75. The van der Waals surface area contributed by atoms with Gasteiger partial charge in [0.1, 0.15) is 6.54 Å². The van der Waals surface area contributed by atoms with Gasteiger partial charge >= 0.3 is 6.03 Å².